The summed E-state index contributed by atoms with van der Waals surface area (Å²) in [6.45, 7) is 0.309. The first-order chi connectivity index (χ1) is 23.3. The Morgan fingerprint density at radius 1 is 1.02 bits per heavy atom. The number of hydrogen-bond acceptors (Lipinski definition) is 8. The summed E-state index contributed by atoms with van der Waals surface area (Å²) in [6, 6.07) is 10.4. The number of halogens is 6. The maximum atomic E-state index is 14.3. The monoisotopic (exact) mass is 684 g/mol. The van der Waals surface area contributed by atoms with Crippen molar-refractivity contribution >= 4 is 17.5 Å². The molecule has 0 atom stereocenters. The summed E-state index contributed by atoms with van der Waals surface area (Å²) in [7, 11) is 3.12. The Morgan fingerprint density at radius 3 is 2.45 bits per heavy atom. The summed E-state index contributed by atoms with van der Waals surface area (Å²) in [5.41, 5.74) is -1.44. The predicted molar refractivity (Wildman–Crippen MR) is 166 cm³/mol. The van der Waals surface area contributed by atoms with E-state index < -0.39 is 35.9 Å². The molecule has 2 aliphatic rings. The first kappa shape index (κ1) is 33.9. The molecule has 1 aliphatic heterocycles. The van der Waals surface area contributed by atoms with Gasteiger partial charge < -0.3 is 19.9 Å². The Balaban J connectivity index is 1.46. The lowest BCUT2D eigenvalue weighted by atomic mass is 9.81. The van der Waals surface area contributed by atoms with Crippen LogP contribution >= 0.6 is 0 Å². The zero-order valence-electron chi connectivity index (χ0n) is 26.3. The number of hydrogen-bond donors (Lipinski definition) is 2. The van der Waals surface area contributed by atoms with Crippen LogP contribution in [-0.4, -0.2) is 52.0 Å². The van der Waals surface area contributed by atoms with Gasteiger partial charge in [0.25, 0.3) is 5.91 Å². The normalized spacial score (nSPS) is 17.5. The maximum absolute atomic E-state index is 14.3. The maximum Gasteiger partial charge on any atom is 0.416 e. The van der Waals surface area contributed by atoms with Crippen molar-refractivity contribution in [3.8, 4) is 28.6 Å². The molecule has 3 heterocycles. The van der Waals surface area contributed by atoms with Crippen molar-refractivity contribution in [3.05, 3.63) is 76.6 Å². The van der Waals surface area contributed by atoms with Crippen LogP contribution in [-0.2, 0) is 37.2 Å². The second-order valence-corrected chi connectivity index (χ2v) is 12.0. The Hall–Kier alpha value is -5.01. The highest BCUT2D eigenvalue weighted by Gasteiger charge is 2.41. The Morgan fingerprint density at radius 2 is 1.80 bits per heavy atom. The molecule has 49 heavy (non-hydrogen) atoms. The van der Waals surface area contributed by atoms with E-state index in [4.69, 9.17) is 4.74 Å². The summed E-state index contributed by atoms with van der Waals surface area (Å²) in [5.74, 6) is -0.538. The molecule has 256 valence electrons. The number of fused-ring (bicyclic) bond motifs is 1. The number of alkyl halides is 6. The van der Waals surface area contributed by atoms with Gasteiger partial charge in [0.05, 0.1) is 36.3 Å². The number of aromatic nitrogens is 4. The molecule has 1 saturated carbocycles. The molecule has 1 amide bonds. The number of methoxy groups -OCH3 is 1. The summed E-state index contributed by atoms with van der Waals surface area (Å²) in [4.78, 5) is 19.5. The van der Waals surface area contributed by atoms with E-state index in [-0.39, 0.29) is 63.8 Å². The number of carbonyl (C=O) groups is 1. The van der Waals surface area contributed by atoms with Gasteiger partial charge in [-0.1, -0.05) is 0 Å². The first-order valence-electron chi connectivity index (χ1n) is 15.3. The van der Waals surface area contributed by atoms with Crippen molar-refractivity contribution < 1.29 is 35.9 Å². The number of benzene rings is 2. The van der Waals surface area contributed by atoms with Crippen LogP contribution in [0.5, 0.6) is 0 Å². The molecule has 4 aromatic rings. The van der Waals surface area contributed by atoms with Crippen molar-refractivity contribution in [1.29, 1.82) is 5.26 Å². The van der Waals surface area contributed by atoms with E-state index in [9.17, 15) is 36.4 Å². The number of amides is 1. The smallest absolute Gasteiger partial charge is 0.383 e. The average Bonchev–Trinajstić information content (AvgIpc) is 3.61. The van der Waals surface area contributed by atoms with E-state index in [0.29, 0.717) is 31.6 Å². The van der Waals surface area contributed by atoms with Gasteiger partial charge in [0.2, 0.25) is 0 Å². The van der Waals surface area contributed by atoms with Crippen LogP contribution in [0.25, 0.3) is 22.5 Å². The van der Waals surface area contributed by atoms with Crippen LogP contribution in [0.1, 0.15) is 45.5 Å². The number of nitrogens with one attached hydrogen (secondary N) is 2. The van der Waals surface area contributed by atoms with Gasteiger partial charge in [-0.3, -0.25) is 9.69 Å². The lowest BCUT2D eigenvalue weighted by Gasteiger charge is -2.32. The predicted octanol–water partition coefficient (Wildman–Crippen LogP) is 6.19. The summed E-state index contributed by atoms with van der Waals surface area (Å²) < 4.78 is 91.5. The summed E-state index contributed by atoms with van der Waals surface area (Å²) >= 11 is 0. The van der Waals surface area contributed by atoms with Crippen LogP contribution < -0.4 is 15.5 Å². The molecule has 16 heteroatoms. The summed E-state index contributed by atoms with van der Waals surface area (Å²) in [6.07, 6.45) is -7.08. The zero-order valence-corrected chi connectivity index (χ0v) is 26.3. The molecule has 0 bridgehead atoms. The van der Waals surface area contributed by atoms with Gasteiger partial charge in [-0.2, -0.15) is 31.6 Å². The van der Waals surface area contributed by atoms with Crippen LogP contribution in [0.4, 0.5) is 38.0 Å². The molecule has 10 nitrogen and oxygen atoms in total. The van der Waals surface area contributed by atoms with E-state index in [0.717, 1.165) is 23.1 Å². The fourth-order valence-corrected chi connectivity index (χ4v) is 6.03. The van der Waals surface area contributed by atoms with Gasteiger partial charge in [0.15, 0.2) is 5.82 Å². The van der Waals surface area contributed by atoms with Gasteiger partial charge >= 0.3 is 12.4 Å². The van der Waals surface area contributed by atoms with E-state index in [1.165, 1.54) is 42.3 Å². The highest BCUT2D eigenvalue weighted by atomic mass is 19.4. The van der Waals surface area contributed by atoms with E-state index in [1.54, 1.807) is 7.05 Å². The number of carbonyl (C=O) groups excluding carboxylic acids is 1. The van der Waals surface area contributed by atoms with Crippen LogP contribution in [0.3, 0.4) is 0 Å². The Labute approximate surface area is 276 Å². The largest absolute Gasteiger partial charge is 0.416 e. The molecule has 2 N–H and O–H groups in total. The van der Waals surface area contributed by atoms with Gasteiger partial charge in [0.1, 0.15) is 18.0 Å². The van der Waals surface area contributed by atoms with E-state index in [2.05, 4.69) is 31.9 Å². The standard InChI is InChI=1S/C33H30F6N8O2/c1-46-17-42-45-30(46)23-4-3-21(32(34,35)36)13-24(23)20-11-28(43-22-7-18(8-22)14-40)44-29(12-20)47-16-26-25(31(47)48)9-19(15-41-5-6-49-2)10-27(26)33(37,38)39/h3-4,9-13,17-18,22,41H,5-8,15-16H2,1-2H3,(H,43,44)/t18-,22-. The zero-order chi connectivity index (χ0) is 35.1. The van der Waals surface area contributed by atoms with E-state index >= 15 is 0 Å². The minimum Gasteiger partial charge on any atom is -0.383 e. The number of nitriles is 1. The molecular weight excluding hydrogens is 654 g/mol. The molecule has 6 rings (SSSR count). The summed E-state index contributed by atoms with van der Waals surface area (Å²) in [5, 5.41) is 23.3. The number of nitrogens with zero attached hydrogens (tertiary/aromatic N) is 6. The average molecular weight is 685 g/mol. The lowest BCUT2D eigenvalue weighted by molar-refractivity contribution is -0.138. The van der Waals surface area contributed by atoms with Gasteiger partial charge in [-0.05, 0) is 77.6 Å². The number of pyridine rings is 1. The third-order valence-corrected chi connectivity index (χ3v) is 8.59. The molecule has 0 radical (unpaired) electrons. The highest BCUT2D eigenvalue weighted by molar-refractivity contribution is 6.10. The Kier molecular flexibility index (Phi) is 9.07. The molecule has 2 aromatic carbocycles. The number of aryl methyl sites for hydroxylation is 1. The van der Waals surface area contributed by atoms with Crippen molar-refractivity contribution in [3.63, 3.8) is 0 Å². The van der Waals surface area contributed by atoms with Gasteiger partial charge in [-0.15, -0.1) is 10.2 Å². The SMILES string of the molecule is COCCNCc1cc2c(c(C(F)(F)F)c1)CN(c1cc(-c3cc(C(F)(F)F)ccc3-c3nncn3C)cc(N[C@H]3C[C@H](C#N)C3)n1)C2=O. The Bertz CT molecular complexity index is 1930. The third kappa shape index (κ3) is 6.94. The van der Waals surface area contributed by atoms with Gasteiger partial charge in [0, 0.05) is 44.4 Å². The van der Waals surface area contributed by atoms with Crippen molar-refractivity contribution in [2.24, 2.45) is 13.0 Å². The first-order valence-corrected chi connectivity index (χ1v) is 15.3. The number of rotatable bonds is 10. The van der Waals surface area contributed by atoms with Crippen LogP contribution in [0, 0.1) is 17.2 Å². The van der Waals surface area contributed by atoms with Crippen molar-refractivity contribution in [2.75, 3.05) is 30.5 Å². The molecule has 0 saturated heterocycles. The van der Waals surface area contributed by atoms with Gasteiger partial charge in [-0.25, -0.2) is 4.98 Å². The topological polar surface area (TPSA) is 121 Å². The lowest BCUT2D eigenvalue weighted by Crippen LogP contribution is -2.35. The fraction of sp³-hybridized carbons (Fsp3) is 0.364. The molecule has 2 aromatic heterocycles. The van der Waals surface area contributed by atoms with E-state index in [1.807, 2.05) is 0 Å². The minimum absolute atomic E-state index is 0.0558. The molecule has 0 unspecified atom stereocenters. The molecule has 0 spiro atoms. The number of ether oxygens (including phenoxy) is 1. The third-order valence-electron chi connectivity index (χ3n) is 8.59. The van der Waals surface area contributed by atoms with Crippen LogP contribution in [0.2, 0.25) is 0 Å². The quantitative estimate of drug-likeness (QED) is 0.150. The molecule has 1 aliphatic carbocycles. The molecular formula is C33H30F6N8O2. The fourth-order valence-electron chi connectivity index (χ4n) is 6.03. The number of anilines is 2. The van der Waals surface area contributed by atoms with Crippen molar-refractivity contribution in [1.82, 2.24) is 25.1 Å². The second kappa shape index (κ2) is 13.1. The second-order valence-electron chi connectivity index (χ2n) is 12.0. The van der Waals surface area contributed by atoms with Crippen molar-refractivity contribution in [2.45, 2.75) is 44.3 Å². The highest BCUT2D eigenvalue weighted by Crippen LogP contribution is 2.42. The van der Waals surface area contributed by atoms with Crippen LogP contribution in [0.15, 0.2) is 48.8 Å². The molecule has 1 fully saturated rings. The minimum atomic E-state index is -4.77.